The molecule has 0 radical (unpaired) electrons. The summed E-state index contributed by atoms with van der Waals surface area (Å²) in [5.74, 6) is 0.120. The number of rotatable bonds is 8. The van der Waals surface area contributed by atoms with Gasteiger partial charge >= 0.3 is 0 Å². The predicted molar refractivity (Wildman–Crippen MR) is 149 cm³/mol. The molecule has 0 spiro atoms. The van der Waals surface area contributed by atoms with Crippen molar-refractivity contribution in [3.8, 4) is 11.1 Å². The van der Waals surface area contributed by atoms with E-state index in [1.54, 1.807) is 17.2 Å². The van der Waals surface area contributed by atoms with Crippen molar-refractivity contribution in [2.45, 2.75) is 46.1 Å². The van der Waals surface area contributed by atoms with Crippen molar-refractivity contribution in [1.29, 1.82) is 0 Å². The van der Waals surface area contributed by atoms with Gasteiger partial charge in [-0.15, -0.1) is 0 Å². The number of aromatic nitrogens is 1. The molecule has 1 fully saturated rings. The van der Waals surface area contributed by atoms with Crippen LogP contribution in [0.25, 0.3) is 11.1 Å². The number of aryl methyl sites for hydroxylation is 2. The third kappa shape index (κ3) is 5.82. The maximum absolute atomic E-state index is 13.2. The molecule has 4 rings (SSSR count). The molecule has 37 heavy (non-hydrogen) atoms. The van der Waals surface area contributed by atoms with Crippen molar-refractivity contribution in [3.63, 3.8) is 0 Å². The molecule has 0 bridgehead atoms. The highest BCUT2D eigenvalue weighted by molar-refractivity contribution is 6.05. The lowest BCUT2D eigenvalue weighted by molar-refractivity contribution is -0.129. The summed E-state index contributed by atoms with van der Waals surface area (Å²) in [6, 6.07) is 13.6. The van der Waals surface area contributed by atoms with Gasteiger partial charge in [-0.25, -0.2) is 0 Å². The fraction of sp³-hybridized carbons (Fsp3) is 0.300. The fourth-order valence-electron chi connectivity index (χ4n) is 4.65. The predicted octanol–water partition coefficient (Wildman–Crippen LogP) is 5.10. The van der Waals surface area contributed by atoms with E-state index in [0.29, 0.717) is 30.3 Å². The standard InChI is InChI=1S/C30H34N4O3/c1-6-20-11-21(13-22(12-20)29(36)33-24-8-9-26(18(3)4)19(5)10-24)23-14-27(30(37)31-15-23)32-25-16-34(17-25)28(35)7-2/h7-15,18,25,32H,2,6,16-17H2,1,3-5H3,(H,31,37)(H,33,36). The summed E-state index contributed by atoms with van der Waals surface area (Å²) in [6.07, 6.45) is 3.71. The minimum absolute atomic E-state index is 0.00546. The van der Waals surface area contributed by atoms with Crippen LogP contribution >= 0.6 is 0 Å². The second kappa shape index (κ2) is 10.9. The monoisotopic (exact) mass is 498 g/mol. The number of hydrogen-bond donors (Lipinski definition) is 3. The molecule has 0 aliphatic carbocycles. The number of hydrogen-bond acceptors (Lipinski definition) is 4. The first kappa shape index (κ1) is 25.9. The Balaban J connectivity index is 1.56. The van der Waals surface area contributed by atoms with Crippen molar-refractivity contribution in [3.05, 3.63) is 93.9 Å². The quantitative estimate of drug-likeness (QED) is 0.377. The molecule has 1 aromatic heterocycles. The summed E-state index contributed by atoms with van der Waals surface area (Å²) in [6.45, 7) is 12.9. The number of likely N-dealkylation sites (tertiary alicyclic amines) is 1. The average Bonchev–Trinajstić information content (AvgIpc) is 2.85. The molecule has 3 aromatic rings. The summed E-state index contributed by atoms with van der Waals surface area (Å²) in [4.78, 5) is 41.8. The molecular weight excluding hydrogens is 464 g/mol. The zero-order chi connectivity index (χ0) is 26.7. The first-order valence-corrected chi connectivity index (χ1v) is 12.6. The van der Waals surface area contributed by atoms with Crippen LogP contribution in [0.3, 0.4) is 0 Å². The molecule has 2 amide bonds. The van der Waals surface area contributed by atoms with Crippen molar-refractivity contribution < 1.29 is 9.59 Å². The third-order valence-electron chi connectivity index (χ3n) is 6.78. The number of carbonyl (C=O) groups excluding carboxylic acids is 2. The van der Waals surface area contributed by atoms with E-state index in [-0.39, 0.29) is 23.4 Å². The number of nitrogens with one attached hydrogen (secondary N) is 3. The topological polar surface area (TPSA) is 94.3 Å². The highest BCUT2D eigenvalue weighted by atomic mass is 16.2. The van der Waals surface area contributed by atoms with E-state index in [4.69, 9.17) is 0 Å². The van der Waals surface area contributed by atoms with Gasteiger partial charge in [-0.2, -0.15) is 0 Å². The van der Waals surface area contributed by atoms with Gasteiger partial charge in [-0.1, -0.05) is 39.5 Å². The summed E-state index contributed by atoms with van der Waals surface area (Å²) in [7, 11) is 0. The lowest BCUT2D eigenvalue weighted by atomic mass is 9.97. The average molecular weight is 499 g/mol. The maximum Gasteiger partial charge on any atom is 0.271 e. The van der Waals surface area contributed by atoms with E-state index < -0.39 is 0 Å². The second-order valence-electron chi connectivity index (χ2n) is 9.87. The van der Waals surface area contributed by atoms with Crippen LogP contribution in [0.5, 0.6) is 0 Å². The summed E-state index contributed by atoms with van der Waals surface area (Å²) in [5, 5.41) is 6.26. The molecule has 0 saturated carbocycles. The fourth-order valence-corrected chi connectivity index (χ4v) is 4.65. The number of pyridine rings is 1. The van der Waals surface area contributed by atoms with Gasteiger partial charge < -0.3 is 20.5 Å². The molecule has 1 aliphatic rings. The van der Waals surface area contributed by atoms with Gasteiger partial charge in [0.05, 0.1) is 6.04 Å². The van der Waals surface area contributed by atoms with Gasteiger partial charge in [0.2, 0.25) is 5.91 Å². The molecule has 3 N–H and O–H groups in total. The largest absolute Gasteiger partial charge is 0.374 e. The molecule has 1 aliphatic heterocycles. The molecule has 7 heteroatoms. The number of aromatic amines is 1. The molecule has 0 atom stereocenters. The number of benzene rings is 2. The minimum atomic E-state index is -0.234. The Hall–Kier alpha value is -4.13. The van der Waals surface area contributed by atoms with Crippen LogP contribution < -0.4 is 16.2 Å². The van der Waals surface area contributed by atoms with E-state index in [1.165, 1.54) is 11.6 Å². The minimum Gasteiger partial charge on any atom is -0.374 e. The zero-order valence-corrected chi connectivity index (χ0v) is 21.9. The Morgan fingerprint density at radius 3 is 2.54 bits per heavy atom. The van der Waals surface area contributed by atoms with Gasteiger partial charge in [-0.05, 0) is 77.9 Å². The Morgan fingerprint density at radius 2 is 1.89 bits per heavy atom. The molecule has 0 unspecified atom stereocenters. The van der Waals surface area contributed by atoms with Crippen LogP contribution in [0, 0.1) is 6.92 Å². The van der Waals surface area contributed by atoms with Crippen LogP contribution in [-0.4, -0.2) is 40.8 Å². The van der Waals surface area contributed by atoms with Crippen LogP contribution in [0.1, 0.15) is 53.7 Å². The van der Waals surface area contributed by atoms with Crippen molar-refractivity contribution in [1.82, 2.24) is 9.88 Å². The number of H-pyrrole nitrogens is 1. The number of nitrogens with zero attached hydrogens (tertiary/aromatic N) is 1. The van der Waals surface area contributed by atoms with Crippen LogP contribution in [-0.2, 0) is 11.2 Å². The molecule has 2 heterocycles. The van der Waals surface area contributed by atoms with E-state index in [1.807, 2.05) is 37.3 Å². The highest BCUT2D eigenvalue weighted by Crippen LogP contribution is 2.26. The first-order chi connectivity index (χ1) is 17.7. The number of anilines is 2. The van der Waals surface area contributed by atoms with Crippen molar-refractivity contribution in [2.75, 3.05) is 23.7 Å². The Bertz CT molecular complexity index is 1400. The van der Waals surface area contributed by atoms with Gasteiger partial charge in [0.25, 0.3) is 11.5 Å². The van der Waals surface area contributed by atoms with Crippen LogP contribution in [0.4, 0.5) is 11.4 Å². The number of carbonyl (C=O) groups is 2. The summed E-state index contributed by atoms with van der Waals surface area (Å²) < 4.78 is 0. The Kier molecular flexibility index (Phi) is 7.62. The zero-order valence-electron chi connectivity index (χ0n) is 21.9. The molecule has 7 nitrogen and oxygen atoms in total. The second-order valence-corrected chi connectivity index (χ2v) is 9.87. The number of amides is 2. The smallest absolute Gasteiger partial charge is 0.271 e. The van der Waals surface area contributed by atoms with Crippen LogP contribution in [0.2, 0.25) is 0 Å². The first-order valence-electron chi connectivity index (χ1n) is 12.6. The molecule has 192 valence electrons. The SMILES string of the molecule is C=CC(=O)N1CC(Nc2cc(-c3cc(CC)cc(C(=O)Nc4ccc(C(C)C)c(C)c4)c3)c[nH]c2=O)C1. The van der Waals surface area contributed by atoms with E-state index in [0.717, 1.165) is 34.4 Å². The molecular formula is C30H34N4O3. The van der Waals surface area contributed by atoms with Gasteiger partial charge in [0.1, 0.15) is 5.69 Å². The highest BCUT2D eigenvalue weighted by Gasteiger charge is 2.29. The summed E-state index contributed by atoms with van der Waals surface area (Å²) >= 11 is 0. The normalized spacial score (nSPS) is 13.3. The van der Waals surface area contributed by atoms with Gasteiger partial charge in [0.15, 0.2) is 0 Å². The van der Waals surface area contributed by atoms with Crippen molar-refractivity contribution in [2.24, 2.45) is 0 Å². The third-order valence-corrected chi connectivity index (χ3v) is 6.78. The lowest BCUT2D eigenvalue weighted by Crippen LogP contribution is -2.56. The Labute approximate surface area is 217 Å². The lowest BCUT2D eigenvalue weighted by Gasteiger charge is -2.39. The van der Waals surface area contributed by atoms with E-state index in [9.17, 15) is 14.4 Å². The van der Waals surface area contributed by atoms with Gasteiger partial charge in [-0.3, -0.25) is 14.4 Å². The molecule has 2 aromatic carbocycles. The Morgan fingerprint density at radius 1 is 1.14 bits per heavy atom. The molecule has 1 saturated heterocycles. The summed E-state index contributed by atoms with van der Waals surface area (Å²) in [5.41, 5.74) is 6.57. The van der Waals surface area contributed by atoms with E-state index in [2.05, 4.69) is 49.0 Å². The maximum atomic E-state index is 13.2. The van der Waals surface area contributed by atoms with Gasteiger partial charge in [0, 0.05) is 36.1 Å². The van der Waals surface area contributed by atoms with E-state index >= 15 is 0 Å². The van der Waals surface area contributed by atoms with Crippen LogP contribution in [0.15, 0.2) is 66.1 Å². The van der Waals surface area contributed by atoms with Crippen molar-refractivity contribution >= 4 is 23.2 Å².